The number of carbonyl (C=O) groups is 2. The smallest absolute Gasteiger partial charge is 0.261 e. The van der Waals surface area contributed by atoms with Crippen LogP contribution < -0.4 is 10.3 Å². The van der Waals surface area contributed by atoms with Crippen molar-refractivity contribution in [2.24, 2.45) is 0 Å². The van der Waals surface area contributed by atoms with Gasteiger partial charge in [0, 0.05) is 18.7 Å². The van der Waals surface area contributed by atoms with Crippen molar-refractivity contribution in [3.05, 3.63) is 70.3 Å². The first-order chi connectivity index (χ1) is 15.5. The van der Waals surface area contributed by atoms with E-state index in [1.807, 2.05) is 6.07 Å². The predicted octanol–water partition coefficient (Wildman–Crippen LogP) is 2.71. The number of nitrogens with one attached hydrogen (secondary N) is 1. The highest BCUT2D eigenvalue weighted by Crippen LogP contribution is 2.17. The molecule has 1 N–H and O–H groups in total. The van der Waals surface area contributed by atoms with Crippen LogP contribution in [0.15, 0.2) is 53.3 Å². The van der Waals surface area contributed by atoms with Crippen molar-refractivity contribution in [2.45, 2.75) is 32.4 Å². The van der Waals surface area contributed by atoms with E-state index in [2.05, 4.69) is 9.97 Å². The third-order valence-corrected chi connectivity index (χ3v) is 5.41. The second-order valence-electron chi connectivity index (χ2n) is 7.81. The zero-order valence-electron chi connectivity index (χ0n) is 17.9. The van der Waals surface area contributed by atoms with Crippen LogP contribution in [0.2, 0.25) is 0 Å². The molecule has 1 atom stereocenters. The lowest BCUT2D eigenvalue weighted by Gasteiger charge is -2.25. The van der Waals surface area contributed by atoms with E-state index in [1.165, 1.54) is 6.92 Å². The van der Waals surface area contributed by atoms with E-state index in [1.54, 1.807) is 47.4 Å². The zero-order valence-corrected chi connectivity index (χ0v) is 17.9. The molecule has 8 nitrogen and oxygen atoms in total. The van der Waals surface area contributed by atoms with E-state index in [9.17, 15) is 14.4 Å². The number of amides is 1. The zero-order chi connectivity index (χ0) is 22.5. The number of aromatic amines is 1. The van der Waals surface area contributed by atoms with Crippen LogP contribution in [0.5, 0.6) is 5.75 Å². The van der Waals surface area contributed by atoms with Crippen molar-refractivity contribution in [3.8, 4) is 5.75 Å². The molecule has 0 bridgehead atoms. The number of hydrogen-bond donors (Lipinski definition) is 1. The number of rotatable bonds is 8. The molecule has 1 aliphatic rings. The summed E-state index contributed by atoms with van der Waals surface area (Å²) in [5, 5.41) is 0.502. The first-order valence-electron chi connectivity index (χ1n) is 10.6. The fraction of sp³-hybridized carbons (Fsp3) is 0.333. The Balaban J connectivity index is 1.51. The highest BCUT2D eigenvalue weighted by Gasteiger charge is 2.24. The third-order valence-electron chi connectivity index (χ3n) is 5.41. The average Bonchev–Trinajstić information content (AvgIpc) is 3.30. The molecule has 1 saturated heterocycles. The molecule has 0 aliphatic carbocycles. The molecule has 1 unspecified atom stereocenters. The topological polar surface area (TPSA) is 102 Å². The van der Waals surface area contributed by atoms with Crippen LogP contribution in [-0.2, 0) is 16.1 Å². The summed E-state index contributed by atoms with van der Waals surface area (Å²) in [4.78, 5) is 45.9. The quantitative estimate of drug-likeness (QED) is 0.546. The van der Waals surface area contributed by atoms with Gasteiger partial charge in [-0.3, -0.25) is 14.4 Å². The van der Waals surface area contributed by atoms with Gasteiger partial charge in [-0.1, -0.05) is 24.3 Å². The van der Waals surface area contributed by atoms with E-state index >= 15 is 0 Å². The van der Waals surface area contributed by atoms with Crippen LogP contribution in [0, 0.1) is 0 Å². The Kier molecular flexibility index (Phi) is 6.61. The van der Waals surface area contributed by atoms with Crippen molar-refractivity contribution in [3.63, 3.8) is 0 Å². The highest BCUT2D eigenvalue weighted by molar-refractivity contribution is 5.94. The minimum absolute atomic E-state index is 0.0628. The lowest BCUT2D eigenvalue weighted by Crippen LogP contribution is -2.40. The van der Waals surface area contributed by atoms with Crippen molar-refractivity contribution >= 4 is 22.6 Å². The van der Waals surface area contributed by atoms with Gasteiger partial charge in [0.25, 0.3) is 11.5 Å². The van der Waals surface area contributed by atoms with E-state index in [0.717, 1.165) is 12.8 Å². The molecule has 2 heterocycles. The van der Waals surface area contributed by atoms with Gasteiger partial charge in [-0.15, -0.1) is 0 Å². The molecule has 1 amide bonds. The molecule has 1 aliphatic heterocycles. The van der Waals surface area contributed by atoms with Gasteiger partial charge in [0.2, 0.25) is 0 Å². The number of hydrogen-bond acceptors (Lipinski definition) is 6. The minimum Gasteiger partial charge on any atom is -0.484 e. The summed E-state index contributed by atoms with van der Waals surface area (Å²) < 4.78 is 11.4. The summed E-state index contributed by atoms with van der Waals surface area (Å²) in [6.07, 6.45) is 1.76. The van der Waals surface area contributed by atoms with Crippen molar-refractivity contribution in [1.29, 1.82) is 0 Å². The number of aromatic nitrogens is 2. The number of ether oxygens (including phenoxy) is 2. The Hall–Kier alpha value is -3.52. The van der Waals surface area contributed by atoms with Crippen LogP contribution in [0.4, 0.5) is 0 Å². The predicted molar refractivity (Wildman–Crippen MR) is 119 cm³/mol. The SMILES string of the molecule is CC(=O)c1cccc(OCC(=O)N(Cc2nc3ccccc3c(=O)[nH]2)CC2CCCO2)c1. The number of carbonyl (C=O) groups excluding carboxylic acids is 2. The Labute approximate surface area is 185 Å². The maximum atomic E-state index is 13.0. The van der Waals surface area contributed by atoms with Crippen molar-refractivity contribution < 1.29 is 19.1 Å². The van der Waals surface area contributed by atoms with E-state index in [4.69, 9.17) is 9.47 Å². The lowest BCUT2D eigenvalue weighted by molar-refractivity contribution is -0.135. The standard InChI is InChI=1S/C24H25N3O5/c1-16(28)17-6-4-7-18(12-17)32-15-23(29)27(13-19-8-5-11-31-19)14-22-25-21-10-3-2-9-20(21)24(30)26-22/h2-4,6-7,9-10,12,19H,5,8,11,13-15H2,1H3,(H,25,26,30). The normalized spacial score (nSPS) is 15.6. The van der Waals surface area contributed by atoms with Crippen LogP contribution in [0.25, 0.3) is 10.9 Å². The molecule has 3 aromatic rings. The van der Waals surface area contributed by atoms with Gasteiger partial charge in [0.15, 0.2) is 12.4 Å². The Morgan fingerprint density at radius 3 is 2.84 bits per heavy atom. The number of fused-ring (bicyclic) bond motifs is 1. The number of nitrogens with zero attached hydrogens (tertiary/aromatic N) is 2. The molecule has 0 spiro atoms. The molecular weight excluding hydrogens is 410 g/mol. The van der Waals surface area contributed by atoms with Gasteiger partial charge in [0.05, 0.1) is 23.6 Å². The minimum atomic E-state index is -0.260. The summed E-state index contributed by atoms with van der Waals surface area (Å²) in [6.45, 7) is 2.46. The Morgan fingerprint density at radius 1 is 1.22 bits per heavy atom. The molecule has 0 radical (unpaired) electrons. The van der Waals surface area contributed by atoms with Crippen LogP contribution in [0.1, 0.15) is 35.9 Å². The molecule has 0 saturated carbocycles. The average molecular weight is 435 g/mol. The van der Waals surface area contributed by atoms with Crippen LogP contribution in [0.3, 0.4) is 0 Å². The molecule has 1 fully saturated rings. The molecular formula is C24H25N3O5. The summed E-state index contributed by atoms with van der Waals surface area (Å²) in [6, 6.07) is 13.8. The lowest BCUT2D eigenvalue weighted by atomic mass is 10.1. The van der Waals surface area contributed by atoms with Gasteiger partial charge in [-0.25, -0.2) is 4.98 Å². The number of para-hydroxylation sites is 1. The van der Waals surface area contributed by atoms with Gasteiger partial charge in [-0.2, -0.15) is 0 Å². The number of ketones is 1. The maximum absolute atomic E-state index is 13.0. The fourth-order valence-electron chi connectivity index (χ4n) is 3.72. The second-order valence-corrected chi connectivity index (χ2v) is 7.81. The van der Waals surface area contributed by atoms with Gasteiger partial charge in [-0.05, 0) is 44.0 Å². The monoisotopic (exact) mass is 435 g/mol. The van der Waals surface area contributed by atoms with Crippen molar-refractivity contribution in [1.82, 2.24) is 14.9 Å². The molecule has 8 heteroatoms. The molecule has 32 heavy (non-hydrogen) atoms. The number of benzene rings is 2. The molecule has 166 valence electrons. The van der Waals surface area contributed by atoms with E-state index in [0.29, 0.717) is 41.2 Å². The summed E-state index contributed by atoms with van der Waals surface area (Å²) in [5.41, 5.74) is 0.851. The first-order valence-corrected chi connectivity index (χ1v) is 10.6. The first kappa shape index (κ1) is 21.7. The number of Topliss-reactive ketones (excluding diaryl/α,β-unsaturated/α-hetero) is 1. The summed E-state index contributed by atoms with van der Waals surface area (Å²) in [7, 11) is 0. The van der Waals surface area contributed by atoms with Gasteiger partial charge >= 0.3 is 0 Å². The highest BCUT2D eigenvalue weighted by atomic mass is 16.5. The van der Waals surface area contributed by atoms with Crippen LogP contribution >= 0.6 is 0 Å². The molecule has 2 aromatic carbocycles. The van der Waals surface area contributed by atoms with Gasteiger partial charge in [0.1, 0.15) is 11.6 Å². The Bertz CT molecular complexity index is 1180. The second kappa shape index (κ2) is 9.74. The molecule has 4 rings (SSSR count). The van der Waals surface area contributed by atoms with Crippen molar-refractivity contribution in [2.75, 3.05) is 19.8 Å². The third kappa shape index (κ3) is 5.20. The number of H-pyrrole nitrogens is 1. The van der Waals surface area contributed by atoms with E-state index in [-0.39, 0.29) is 36.5 Å². The molecule has 1 aromatic heterocycles. The maximum Gasteiger partial charge on any atom is 0.261 e. The van der Waals surface area contributed by atoms with Crippen LogP contribution in [-0.4, -0.2) is 52.4 Å². The van der Waals surface area contributed by atoms with Gasteiger partial charge < -0.3 is 19.4 Å². The summed E-state index contributed by atoms with van der Waals surface area (Å²) >= 11 is 0. The van der Waals surface area contributed by atoms with E-state index < -0.39 is 0 Å². The largest absolute Gasteiger partial charge is 0.484 e. The fourth-order valence-corrected chi connectivity index (χ4v) is 3.72. The summed E-state index contributed by atoms with van der Waals surface area (Å²) in [5.74, 6) is 0.511. The Morgan fingerprint density at radius 2 is 2.06 bits per heavy atom.